The number of aliphatic hydroxyl groups excluding tert-OH is 1. The summed E-state index contributed by atoms with van der Waals surface area (Å²) in [4.78, 5) is 10.6. The average molecular weight is 262 g/mol. The van der Waals surface area contributed by atoms with Crippen molar-refractivity contribution in [3.8, 4) is 12.3 Å². The van der Waals surface area contributed by atoms with E-state index in [1.54, 1.807) is 0 Å². The van der Waals surface area contributed by atoms with Crippen LogP contribution in [0, 0.1) is 36.0 Å². The highest BCUT2D eigenvalue weighted by Crippen LogP contribution is 2.56. The minimum absolute atomic E-state index is 0.0275. The molecular formula is C16H22O3. The first kappa shape index (κ1) is 14.1. The second-order valence-electron chi connectivity index (χ2n) is 5.67. The second-order valence-corrected chi connectivity index (χ2v) is 5.67. The zero-order valence-electron chi connectivity index (χ0n) is 11.4. The van der Waals surface area contributed by atoms with E-state index in [9.17, 15) is 9.90 Å². The van der Waals surface area contributed by atoms with Gasteiger partial charge in [0.1, 0.15) is 0 Å². The molecule has 2 aliphatic rings. The number of carboxylic acids is 1. The number of carboxylic acid groups (broad SMARTS) is 1. The number of fused-ring (bicyclic) bond motifs is 1. The third-order valence-electron chi connectivity index (χ3n) is 4.76. The van der Waals surface area contributed by atoms with Gasteiger partial charge in [0.05, 0.1) is 6.10 Å². The number of aliphatic hydroxyl groups is 1. The lowest BCUT2D eigenvalue weighted by Crippen LogP contribution is -2.50. The van der Waals surface area contributed by atoms with Crippen molar-refractivity contribution < 1.29 is 15.0 Å². The Labute approximate surface area is 114 Å². The molecular weight excluding hydrogens is 240 g/mol. The Hall–Kier alpha value is -1.27. The fourth-order valence-electron chi connectivity index (χ4n) is 3.92. The van der Waals surface area contributed by atoms with E-state index in [-0.39, 0.29) is 18.4 Å². The first-order valence-electron chi connectivity index (χ1n) is 7.16. The van der Waals surface area contributed by atoms with Crippen LogP contribution in [-0.2, 0) is 4.79 Å². The Morgan fingerprint density at radius 1 is 1.53 bits per heavy atom. The summed E-state index contributed by atoms with van der Waals surface area (Å²) in [7, 11) is 0. The molecule has 0 spiro atoms. The summed E-state index contributed by atoms with van der Waals surface area (Å²) >= 11 is 0. The highest BCUT2D eigenvalue weighted by atomic mass is 16.4. The molecule has 2 aliphatic carbocycles. The minimum Gasteiger partial charge on any atom is -0.481 e. The Morgan fingerprint density at radius 3 is 2.84 bits per heavy atom. The molecule has 0 heterocycles. The normalized spacial score (nSPS) is 39.2. The molecule has 104 valence electrons. The quantitative estimate of drug-likeness (QED) is 0.604. The van der Waals surface area contributed by atoms with Crippen molar-refractivity contribution in [2.75, 3.05) is 0 Å². The number of carbonyl (C=O) groups is 1. The van der Waals surface area contributed by atoms with E-state index in [1.807, 2.05) is 0 Å². The topological polar surface area (TPSA) is 57.5 Å². The molecule has 0 aromatic rings. The fourth-order valence-corrected chi connectivity index (χ4v) is 3.92. The number of terminal acetylenes is 1. The van der Waals surface area contributed by atoms with Gasteiger partial charge < -0.3 is 10.2 Å². The van der Waals surface area contributed by atoms with Crippen molar-refractivity contribution in [1.82, 2.24) is 0 Å². The van der Waals surface area contributed by atoms with Crippen molar-refractivity contribution in [3.05, 3.63) is 11.6 Å². The van der Waals surface area contributed by atoms with Crippen molar-refractivity contribution in [1.29, 1.82) is 0 Å². The maximum Gasteiger partial charge on any atom is 0.303 e. The van der Waals surface area contributed by atoms with Crippen LogP contribution in [-0.4, -0.2) is 22.3 Å². The summed E-state index contributed by atoms with van der Waals surface area (Å²) in [6.45, 7) is 2.14. The lowest BCUT2D eigenvalue weighted by atomic mass is 9.50. The third kappa shape index (κ3) is 2.55. The molecule has 0 saturated heterocycles. The van der Waals surface area contributed by atoms with Crippen molar-refractivity contribution in [2.45, 2.75) is 45.1 Å². The second kappa shape index (κ2) is 5.79. The van der Waals surface area contributed by atoms with Gasteiger partial charge in [0.2, 0.25) is 0 Å². The van der Waals surface area contributed by atoms with Gasteiger partial charge in [-0.2, -0.15) is 0 Å². The van der Waals surface area contributed by atoms with Crippen LogP contribution < -0.4 is 0 Å². The molecule has 0 aromatic carbocycles. The van der Waals surface area contributed by atoms with Gasteiger partial charge in [-0.3, -0.25) is 4.79 Å². The van der Waals surface area contributed by atoms with E-state index in [0.29, 0.717) is 24.2 Å². The summed E-state index contributed by atoms with van der Waals surface area (Å²) in [5.41, 5.74) is 1.39. The number of aliphatic carboxylic acids is 1. The van der Waals surface area contributed by atoms with Gasteiger partial charge in [-0.05, 0) is 43.4 Å². The van der Waals surface area contributed by atoms with Crippen LogP contribution in [0.4, 0.5) is 0 Å². The summed E-state index contributed by atoms with van der Waals surface area (Å²) in [6.07, 6.45) is 10.9. The molecule has 2 rings (SSSR count). The minimum atomic E-state index is -0.749. The van der Waals surface area contributed by atoms with E-state index in [0.717, 1.165) is 19.3 Å². The molecule has 5 unspecified atom stereocenters. The lowest BCUT2D eigenvalue weighted by Gasteiger charge is -2.54. The largest absolute Gasteiger partial charge is 0.481 e. The monoisotopic (exact) mass is 262 g/mol. The summed E-state index contributed by atoms with van der Waals surface area (Å²) in [5, 5.41) is 18.7. The zero-order valence-corrected chi connectivity index (χ0v) is 11.4. The molecule has 0 amide bonds. The maximum absolute atomic E-state index is 10.6. The SMILES string of the molecule is C#CC1C(O)CCC2C(=CCCC(=O)O)C(CC)C21. The number of rotatable bonds is 4. The summed E-state index contributed by atoms with van der Waals surface area (Å²) in [5.74, 6) is 3.31. The summed E-state index contributed by atoms with van der Waals surface area (Å²) < 4.78 is 0. The Balaban J connectivity index is 2.08. The molecule has 0 aromatic heterocycles. The number of allylic oxidation sites excluding steroid dienone is 2. The molecule has 3 nitrogen and oxygen atoms in total. The van der Waals surface area contributed by atoms with E-state index >= 15 is 0 Å². The van der Waals surface area contributed by atoms with Crippen LogP contribution in [0.1, 0.15) is 39.0 Å². The molecule has 19 heavy (non-hydrogen) atoms. The Bertz CT molecular complexity index is 410. The van der Waals surface area contributed by atoms with Crippen LogP contribution in [0.3, 0.4) is 0 Å². The molecule has 2 N–H and O–H groups in total. The van der Waals surface area contributed by atoms with Gasteiger partial charge >= 0.3 is 5.97 Å². The van der Waals surface area contributed by atoms with Gasteiger partial charge in [-0.25, -0.2) is 0 Å². The lowest BCUT2D eigenvalue weighted by molar-refractivity contribution is -0.136. The predicted molar refractivity (Wildman–Crippen MR) is 73.3 cm³/mol. The van der Waals surface area contributed by atoms with Gasteiger partial charge in [-0.1, -0.05) is 18.6 Å². The first-order chi connectivity index (χ1) is 9.10. The average Bonchev–Trinajstić information content (AvgIpc) is 2.36. The first-order valence-corrected chi connectivity index (χ1v) is 7.16. The van der Waals surface area contributed by atoms with Crippen LogP contribution in [0.2, 0.25) is 0 Å². The molecule has 2 saturated carbocycles. The summed E-state index contributed by atoms with van der Waals surface area (Å²) in [6, 6.07) is 0. The van der Waals surface area contributed by atoms with E-state index in [2.05, 4.69) is 18.9 Å². The molecule has 0 radical (unpaired) electrons. The van der Waals surface area contributed by atoms with Gasteiger partial charge in [0.25, 0.3) is 0 Å². The van der Waals surface area contributed by atoms with Crippen molar-refractivity contribution >= 4 is 5.97 Å². The molecule has 2 fully saturated rings. The third-order valence-corrected chi connectivity index (χ3v) is 4.76. The molecule has 0 aliphatic heterocycles. The highest BCUT2D eigenvalue weighted by molar-refractivity contribution is 5.66. The smallest absolute Gasteiger partial charge is 0.303 e. The van der Waals surface area contributed by atoms with Crippen LogP contribution in [0.15, 0.2) is 11.6 Å². The highest BCUT2D eigenvalue weighted by Gasteiger charge is 2.51. The predicted octanol–water partition coefficient (Wildman–Crippen LogP) is 2.45. The van der Waals surface area contributed by atoms with Crippen LogP contribution in [0.25, 0.3) is 0 Å². The Morgan fingerprint density at radius 2 is 2.26 bits per heavy atom. The molecule has 0 bridgehead atoms. The van der Waals surface area contributed by atoms with Gasteiger partial charge in [0, 0.05) is 12.3 Å². The maximum atomic E-state index is 10.6. The molecule has 5 atom stereocenters. The zero-order chi connectivity index (χ0) is 14.0. The van der Waals surface area contributed by atoms with Crippen molar-refractivity contribution in [2.24, 2.45) is 23.7 Å². The number of hydrogen-bond acceptors (Lipinski definition) is 2. The number of hydrogen-bond donors (Lipinski definition) is 2. The van der Waals surface area contributed by atoms with E-state index in [4.69, 9.17) is 11.5 Å². The van der Waals surface area contributed by atoms with E-state index in [1.165, 1.54) is 5.57 Å². The Kier molecular flexibility index (Phi) is 4.31. The van der Waals surface area contributed by atoms with Crippen molar-refractivity contribution in [3.63, 3.8) is 0 Å². The van der Waals surface area contributed by atoms with Crippen LogP contribution >= 0.6 is 0 Å². The van der Waals surface area contributed by atoms with Crippen LogP contribution in [0.5, 0.6) is 0 Å². The standard InChI is InChI=1S/C16H22O3/c1-3-10-12(6-5-7-15(18)19)13-8-9-14(17)11(4-2)16(10)13/h2,6,10-11,13-14,16-17H,3,5,7-9H2,1H3,(H,18,19). The van der Waals surface area contributed by atoms with Gasteiger partial charge in [0.15, 0.2) is 0 Å². The van der Waals surface area contributed by atoms with E-state index < -0.39 is 5.97 Å². The van der Waals surface area contributed by atoms with Gasteiger partial charge in [-0.15, -0.1) is 12.3 Å². The fraction of sp³-hybridized carbons (Fsp3) is 0.688. The molecule has 3 heteroatoms.